The molecule has 1 heterocycles. The second-order valence-electron chi connectivity index (χ2n) is 7.25. The third-order valence-corrected chi connectivity index (χ3v) is 5.92. The van der Waals surface area contributed by atoms with Gasteiger partial charge in [-0.1, -0.05) is 60.3 Å². The van der Waals surface area contributed by atoms with Gasteiger partial charge in [0, 0.05) is 17.8 Å². The number of rotatable bonds is 8. The number of nitrogens with zero attached hydrogens (tertiary/aromatic N) is 3. The molecule has 3 aromatic carbocycles. The zero-order valence-corrected chi connectivity index (χ0v) is 18.8. The Hall–Kier alpha value is -3.58. The molecule has 4 aromatic rings. The fourth-order valence-corrected chi connectivity index (χ4v) is 4.07. The Morgan fingerprint density at radius 1 is 0.969 bits per heavy atom. The van der Waals surface area contributed by atoms with Gasteiger partial charge < -0.3 is 10.1 Å². The number of aryl methyl sites for hydroxylation is 1. The van der Waals surface area contributed by atoms with Crippen LogP contribution in [0.3, 0.4) is 0 Å². The fraction of sp³-hybridized carbons (Fsp3) is 0.160. The standard InChI is InChI=1S/C25H24N4O2S/c1-18-8-6-7-11-22(18)26-24(30)17-32-25-28-27-23(29(25)20-9-4-3-5-10-20)16-19-12-14-21(31-2)15-13-19/h3-15H,16-17H2,1-2H3,(H,26,30). The van der Waals surface area contributed by atoms with E-state index >= 15 is 0 Å². The first-order valence-corrected chi connectivity index (χ1v) is 11.2. The summed E-state index contributed by atoms with van der Waals surface area (Å²) >= 11 is 1.37. The Morgan fingerprint density at radius 3 is 2.41 bits per heavy atom. The first-order valence-electron chi connectivity index (χ1n) is 10.2. The van der Waals surface area contributed by atoms with Crippen LogP contribution in [0.4, 0.5) is 5.69 Å². The number of nitrogens with one attached hydrogen (secondary N) is 1. The normalized spacial score (nSPS) is 10.7. The largest absolute Gasteiger partial charge is 0.497 e. The van der Waals surface area contributed by atoms with E-state index in [2.05, 4.69) is 15.5 Å². The van der Waals surface area contributed by atoms with Crippen LogP contribution >= 0.6 is 11.8 Å². The number of carbonyl (C=O) groups excluding carboxylic acids is 1. The quantitative estimate of drug-likeness (QED) is 0.391. The molecular formula is C25H24N4O2S. The summed E-state index contributed by atoms with van der Waals surface area (Å²) < 4.78 is 7.26. The molecule has 162 valence electrons. The maximum Gasteiger partial charge on any atom is 0.234 e. The maximum atomic E-state index is 12.5. The summed E-state index contributed by atoms with van der Waals surface area (Å²) in [5, 5.41) is 12.5. The summed E-state index contributed by atoms with van der Waals surface area (Å²) in [6.45, 7) is 1.97. The van der Waals surface area contributed by atoms with Gasteiger partial charge in [0.1, 0.15) is 11.6 Å². The van der Waals surface area contributed by atoms with Crippen molar-refractivity contribution in [1.29, 1.82) is 0 Å². The lowest BCUT2D eigenvalue weighted by molar-refractivity contribution is -0.113. The van der Waals surface area contributed by atoms with E-state index < -0.39 is 0 Å². The van der Waals surface area contributed by atoms with Crippen molar-refractivity contribution in [3.63, 3.8) is 0 Å². The van der Waals surface area contributed by atoms with Crippen LogP contribution in [0, 0.1) is 6.92 Å². The molecule has 0 atom stereocenters. The average molecular weight is 445 g/mol. The lowest BCUT2D eigenvalue weighted by Gasteiger charge is -2.11. The highest BCUT2D eigenvalue weighted by Gasteiger charge is 2.16. The van der Waals surface area contributed by atoms with Gasteiger partial charge in [0.25, 0.3) is 0 Å². The molecule has 7 heteroatoms. The van der Waals surface area contributed by atoms with Crippen molar-refractivity contribution in [3.8, 4) is 11.4 Å². The van der Waals surface area contributed by atoms with E-state index in [1.54, 1.807) is 7.11 Å². The van der Waals surface area contributed by atoms with Gasteiger partial charge in [-0.2, -0.15) is 0 Å². The van der Waals surface area contributed by atoms with E-state index in [-0.39, 0.29) is 11.7 Å². The third-order valence-electron chi connectivity index (χ3n) is 4.99. The summed E-state index contributed by atoms with van der Waals surface area (Å²) in [4.78, 5) is 12.5. The molecule has 0 fully saturated rings. The maximum absolute atomic E-state index is 12.5. The molecular weight excluding hydrogens is 420 g/mol. The summed E-state index contributed by atoms with van der Waals surface area (Å²) in [5.41, 5.74) is 3.91. The Balaban J connectivity index is 1.54. The first kappa shape index (κ1) is 21.6. The van der Waals surface area contributed by atoms with E-state index in [4.69, 9.17) is 4.74 Å². The molecule has 32 heavy (non-hydrogen) atoms. The topological polar surface area (TPSA) is 69.0 Å². The van der Waals surface area contributed by atoms with Gasteiger partial charge in [0.05, 0.1) is 12.9 Å². The van der Waals surface area contributed by atoms with Crippen molar-refractivity contribution in [2.75, 3.05) is 18.2 Å². The second kappa shape index (κ2) is 10.2. The van der Waals surface area contributed by atoms with Gasteiger partial charge in [-0.15, -0.1) is 10.2 Å². The fourth-order valence-electron chi connectivity index (χ4n) is 3.30. The molecule has 6 nitrogen and oxygen atoms in total. The minimum absolute atomic E-state index is 0.0800. The number of hydrogen-bond donors (Lipinski definition) is 1. The smallest absolute Gasteiger partial charge is 0.234 e. The predicted molar refractivity (Wildman–Crippen MR) is 128 cm³/mol. The van der Waals surface area contributed by atoms with E-state index in [9.17, 15) is 4.79 Å². The number of hydrogen-bond acceptors (Lipinski definition) is 5. The molecule has 0 aliphatic rings. The Labute approximate surface area is 191 Å². The van der Waals surface area contributed by atoms with Crippen LogP contribution in [0.2, 0.25) is 0 Å². The van der Waals surface area contributed by atoms with E-state index in [1.165, 1.54) is 11.8 Å². The molecule has 0 saturated carbocycles. The zero-order valence-electron chi connectivity index (χ0n) is 18.0. The summed E-state index contributed by atoms with van der Waals surface area (Å²) in [6.07, 6.45) is 0.613. The Morgan fingerprint density at radius 2 is 1.69 bits per heavy atom. The van der Waals surface area contributed by atoms with Crippen LogP contribution in [0.1, 0.15) is 17.0 Å². The molecule has 0 aliphatic heterocycles. The van der Waals surface area contributed by atoms with Crippen molar-refractivity contribution in [2.24, 2.45) is 0 Å². The van der Waals surface area contributed by atoms with Crippen LogP contribution in [0.25, 0.3) is 5.69 Å². The molecule has 0 saturated heterocycles. The number of thioether (sulfide) groups is 1. The van der Waals surface area contributed by atoms with E-state index in [1.807, 2.05) is 90.4 Å². The van der Waals surface area contributed by atoms with Gasteiger partial charge in [0.15, 0.2) is 5.16 Å². The number of ether oxygens (including phenoxy) is 1. The molecule has 4 rings (SSSR count). The van der Waals surface area contributed by atoms with Crippen molar-refractivity contribution >= 4 is 23.4 Å². The zero-order chi connectivity index (χ0) is 22.3. The predicted octanol–water partition coefficient (Wildman–Crippen LogP) is 4.91. The molecule has 1 N–H and O–H groups in total. The van der Waals surface area contributed by atoms with Gasteiger partial charge >= 0.3 is 0 Å². The molecule has 1 amide bonds. The number of anilines is 1. The first-order chi connectivity index (χ1) is 15.6. The van der Waals surface area contributed by atoms with Crippen LogP contribution in [-0.4, -0.2) is 33.5 Å². The van der Waals surface area contributed by atoms with Crippen LogP contribution < -0.4 is 10.1 Å². The highest BCUT2D eigenvalue weighted by Crippen LogP contribution is 2.24. The number of methoxy groups -OCH3 is 1. The van der Waals surface area contributed by atoms with Gasteiger partial charge in [-0.3, -0.25) is 9.36 Å². The molecule has 1 aromatic heterocycles. The summed E-state index contributed by atoms with van der Waals surface area (Å²) in [6, 6.07) is 25.6. The number of benzene rings is 3. The molecule has 0 unspecified atom stereocenters. The summed E-state index contributed by atoms with van der Waals surface area (Å²) in [5.74, 6) is 1.78. The van der Waals surface area contributed by atoms with Crippen LogP contribution in [-0.2, 0) is 11.2 Å². The van der Waals surface area contributed by atoms with Crippen molar-refractivity contribution < 1.29 is 9.53 Å². The minimum atomic E-state index is -0.0800. The Bertz CT molecular complexity index is 1190. The van der Waals surface area contributed by atoms with E-state index in [0.29, 0.717) is 11.6 Å². The average Bonchev–Trinajstić information content (AvgIpc) is 3.22. The second-order valence-corrected chi connectivity index (χ2v) is 8.19. The van der Waals surface area contributed by atoms with Crippen molar-refractivity contribution in [2.45, 2.75) is 18.5 Å². The molecule has 0 spiro atoms. The molecule has 0 bridgehead atoms. The van der Waals surface area contributed by atoms with Crippen LogP contribution in [0.15, 0.2) is 84.0 Å². The minimum Gasteiger partial charge on any atom is -0.497 e. The van der Waals surface area contributed by atoms with Crippen molar-refractivity contribution in [3.05, 3.63) is 95.8 Å². The number of amides is 1. The number of para-hydroxylation sites is 2. The highest BCUT2D eigenvalue weighted by molar-refractivity contribution is 7.99. The van der Waals surface area contributed by atoms with Gasteiger partial charge in [-0.05, 0) is 48.4 Å². The highest BCUT2D eigenvalue weighted by atomic mass is 32.2. The lowest BCUT2D eigenvalue weighted by atomic mass is 10.1. The monoisotopic (exact) mass is 444 g/mol. The van der Waals surface area contributed by atoms with Gasteiger partial charge in [-0.25, -0.2) is 0 Å². The molecule has 0 aliphatic carbocycles. The summed E-state index contributed by atoms with van der Waals surface area (Å²) in [7, 11) is 1.65. The SMILES string of the molecule is COc1ccc(Cc2nnc(SCC(=O)Nc3ccccc3C)n2-c2ccccc2)cc1. The lowest BCUT2D eigenvalue weighted by Crippen LogP contribution is -2.15. The van der Waals surface area contributed by atoms with Crippen LogP contribution in [0.5, 0.6) is 5.75 Å². The Kier molecular flexibility index (Phi) is 6.87. The van der Waals surface area contributed by atoms with Gasteiger partial charge in [0.2, 0.25) is 5.91 Å². The number of aromatic nitrogens is 3. The third kappa shape index (κ3) is 5.18. The van der Waals surface area contributed by atoms with Crippen molar-refractivity contribution in [1.82, 2.24) is 14.8 Å². The van der Waals surface area contributed by atoms with E-state index in [0.717, 1.165) is 34.1 Å². The molecule has 0 radical (unpaired) electrons. The number of carbonyl (C=O) groups is 1.